The molecule has 0 bridgehead atoms. The molecule has 4 nitrogen and oxygen atoms in total. The molecule has 0 amide bonds. The van der Waals surface area contributed by atoms with Crippen molar-refractivity contribution < 1.29 is 19.1 Å². The van der Waals surface area contributed by atoms with E-state index < -0.39 is 0 Å². The Morgan fingerprint density at radius 1 is 0.625 bits per heavy atom. The molecule has 0 atom stereocenters. The number of thioether (sulfide) groups is 2. The van der Waals surface area contributed by atoms with E-state index in [-0.39, 0.29) is 10.2 Å². The van der Waals surface area contributed by atoms with Gasteiger partial charge < -0.3 is 9.47 Å². The maximum absolute atomic E-state index is 11.4. The minimum Gasteiger partial charge on any atom is -0.492 e. The van der Waals surface area contributed by atoms with Crippen LogP contribution in [0.3, 0.4) is 0 Å². The first kappa shape index (κ1) is 31.0. The van der Waals surface area contributed by atoms with Gasteiger partial charge in [-0.1, -0.05) is 73.9 Å². The van der Waals surface area contributed by atoms with Gasteiger partial charge >= 0.3 is 0 Å². The maximum Gasteiger partial charge on any atom is 0.190 e. The Hall–Kier alpha value is -3.58. The van der Waals surface area contributed by atoms with Gasteiger partial charge in [-0.15, -0.1) is 0 Å². The number of ether oxygens (including phenoxy) is 2. The Balaban J connectivity index is 1.97. The summed E-state index contributed by atoms with van der Waals surface area (Å²) in [6.45, 7) is 8.52. The van der Waals surface area contributed by atoms with Gasteiger partial charge in [0.2, 0.25) is 0 Å². The summed E-state index contributed by atoms with van der Waals surface area (Å²) in [5.74, 6) is 14.3. The number of rotatable bonds is 10. The van der Waals surface area contributed by atoms with Crippen molar-refractivity contribution in [2.45, 2.75) is 63.2 Å². The molecule has 0 saturated carbocycles. The highest BCUT2D eigenvalue weighted by molar-refractivity contribution is 8.13. The monoisotopic (exact) mass is 570 g/mol. The number of benzene rings is 3. The lowest BCUT2D eigenvalue weighted by atomic mass is 10.1. The lowest BCUT2D eigenvalue weighted by Crippen LogP contribution is -2.03. The van der Waals surface area contributed by atoms with E-state index in [0.29, 0.717) is 24.7 Å². The molecule has 0 heterocycles. The number of unbranched alkanes of at least 4 members (excludes halogenated alkanes) is 2. The normalized spacial score (nSPS) is 10.1. The van der Waals surface area contributed by atoms with Crippen LogP contribution >= 0.6 is 23.5 Å². The zero-order valence-electron chi connectivity index (χ0n) is 23.5. The molecule has 3 aromatic carbocycles. The minimum atomic E-state index is 0.0514. The summed E-state index contributed by atoms with van der Waals surface area (Å²) >= 11 is 2.41. The van der Waals surface area contributed by atoms with E-state index in [0.717, 1.165) is 57.7 Å². The van der Waals surface area contributed by atoms with Crippen molar-refractivity contribution >= 4 is 33.8 Å². The number of hydrogen-bond acceptors (Lipinski definition) is 6. The molecular formula is C34H34O4S2. The molecule has 206 valence electrons. The fourth-order valence-electron chi connectivity index (χ4n) is 3.47. The van der Waals surface area contributed by atoms with Crippen LogP contribution in [-0.4, -0.2) is 23.4 Å². The van der Waals surface area contributed by atoms with Gasteiger partial charge in [0.15, 0.2) is 10.2 Å². The van der Waals surface area contributed by atoms with Crippen LogP contribution in [0.1, 0.15) is 75.6 Å². The molecule has 0 saturated heterocycles. The van der Waals surface area contributed by atoms with Crippen molar-refractivity contribution in [3.8, 4) is 35.2 Å². The second-order valence-electron chi connectivity index (χ2n) is 8.98. The summed E-state index contributed by atoms with van der Waals surface area (Å²) in [5.41, 5.74) is 3.16. The van der Waals surface area contributed by atoms with Crippen LogP contribution in [0.15, 0.2) is 70.5 Å². The van der Waals surface area contributed by atoms with Crippen LogP contribution < -0.4 is 9.47 Å². The van der Waals surface area contributed by atoms with Crippen molar-refractivity contribution in [1.29, 1.82) is 0 Å². The summed E-state index contributed by atoms with van der Waals surface area (Å²) in [4.78, 5) is 24.5. The van der Waals surface area contributed by atoms with Crippen LogP contribution in [0.4, 0.5) is 0 Å². The van der Waals surface area contributed by atoms with Gasteiger partial charge in [0, 0.05) is 46.9 Å². The van der Waals surface area contributed by atoms with E-state index in [4.69, 9.17) is 9.47 Å². The Bertz CT molecular complexity index is 1310. The van der Waals surface area contributed by atoms with Gasteiger partial charge in [-0.25, -0.2) is 0 Å². The Labute approximate surface area is 246 Å². The maximum atomic E-state index is 11.4. The number of carbonyl (C=O) groups excluding carboxylic acids is 2. The largest absolute Gasteiger partial charge is 0.492 e. The Morgan fingerprint density at radius 3 is 1.32 bits per heavy atom. The van der Waals surface area contributed by atoms with Crippen LogP contribution in [0.25, 0.3) is 0 Å². The molecule has 0 aromatic heterocycles. The first-order chi connectivity index (χ1) is 19.4. The highest BCUT2D eigenvalue weighted by Crippen LogP contribution is 2.29. The smallest absolute Gasteiger partial charge is 0.190 e. The molecular weight excluding hydrogens is 537 g/mol. The van der Waals surface area contributed by atoms with Crippen LogP contribution in [0.2, 0.25) is 0 Å². The summed E-state index contributed by atoms with van der Waals surface area (Å²) < 4.78 is 12.3. The van der Waals surface area contributed by atoms with E-state index in [1.54, 1.807) is 13.8 Å². The van der Waals surface area contributed by atoms with Crippen LogP contribution in [0.5, 0.6) is 11.5 Å². The average Bonchev–Trinajstić information content (AvgIpc) is 2.93. The zero-order valence-corrected chi connectivity index (χ0v) is 25.1. The summed E-state index contributed by atoms with van der Waals surface area (Å²) in [6, 6.07) is 19.1. The lowest BCUT2D eigenvalue weighted by Gasteiger charge is -2.13. The quantitative estimate of drug-likeness (QED) is 0.139. The van der Waals surface area contributed by atoms with E-state index in [1.807, 2.05) is 60.7 Å². The molecule has 0 radical (unpaired) electrons. The highest BCUT2D eigenvalue weighted by atomic mass is 32.2. The van der Waals surface area contributed by atoms with E-state index in [1.165, 1.54) is 23.5 Å². The first-order valence-electron chi connectivity index (χ1n) is 13.4. The van der Waals surface area contributed by atoms with E-state index >= 15 is 0 Å². The predicted molar refractivity (Wildman–Crippen MR) is 165 cm³/mol. The fraction of sp³-hybridized carbons (Fsp3) is 0.294. The molecule has 0 N–H and O–H groups in total. The minimum absolute atomic E-state index is 0.0514. The molecule has 0 aliphatic heterocycles. The predicted octanol–water partition coefficient (Wildman–Crippen LogP) is 8.12. The number of carbonyl (C=O) groups is 2. The lowest BCUT2D eigenvalue weighted by molar-refractivity contribution is -0.109. The van der Waals surface area contributed by atoms with Crippen molar-refractivity contribution in [2.75, 3.05) is 13.2 Å². The molecule has 0 unspecified atom stereocenters. The Morgan fingerprint density at radius 2 is 1.00 bits per heavy atom. The van der Waals surface area contributed by atoms with Crippen molar-refractivity contribution in [2.24, 2.45) is 0 Å². The van der Waals surface area contributed by atoms with Crippen molar-refractivity contribution in [3.05, 3.63) is 82.9 Å². The SMILES string of the molecule is CCCCOc1cc(C#Cc2ccc(SC(C)=O)cc2)c(OCCCC)cc1C#Cc1ccc(SC(C)=O)cc1. The molecule has 3 aromatic rings. The second kappa shape index (κ2) is 16.5. The fourth-order valence-corrected chi connectivity index (χ4v) is 4.68. The van der Waals surface area contributed by atoms with Crippen LogP contribution in [-0.2, 0) is 9.59 Å². The third-order valence-corrected chi connectivity index (χ3v) is 7.10. The van der Waals surface area contributed by atoms with Gasteiger partial charge in [0.05, 0.1) is 24.3 Å². The highest BCUT2D eigenvalue weighted by Gasteiger charge is 2.11. The van der Waals surface area contributed by atoms with Gasteiger partial charge in [0.1, 0.15) is 11.5 Å². The van der Waals surface area contributed by atoms with Gasteiger partial charge in [-0.05, 0) is 61.4 Å². The first-order valence-corrected chi connectivity index (χ1v) is 15.1. The molecule has 0 fully saturated rings. The molecule has 0 aliphatic carbocycles. The molecule has 3 rings (SSSR count). The third-order valence-electron chi connectivity index (χ3n) is 5.51. The van der Waals surface area contributed by atoms with E-state index in [9.17, 15) is 9.59 Å². The average molecular weight is 571 g/mol. The summed E-state index contributed by atoms with van der Waals surface area (Å²) in [7, 11) is 0. The van der Waals surface area contributed by atoms with Crippen molar-refractivity contribution in [3.63, 3.8) is 0 Å². The van der Waals surface area contributed by atoms with Crippen LogP contribution in [0, 0.1) is 23.7 Å². The van der Waals surface area contributed by atoms with E-state index in [2.05, 4.69) is 37.5 Å². The topological polar surface area (TPSA) is 52.6 Å². The second-order valence-corrected chi connectivity index (χ2v) is 11.5. The standard InChI is InChI=1S/C34H34O4S2/c1-5-7-21-37-33-23-30(16-10-28-13-19-32(20-14-28)40-26(4)36)34(38-22-8-6-2)24-29(33)15-9-27-11-17-31(18-12-27)39-25(3)35/h11-14,17-20,23-24H,5-8,21-22H2,1-4H3. The summed E-state index contributed by atoms with van der Waals surface area (Å²) in [6.07, 6.45) is 3.91. The Kier molecular flexibility index (Phi) is 12.8. The van der Waals surface area contributed by atoms with Gasteiger partial charge in [-0.3, -0.25) is 9.59 Å². The third kappa shape index (κ3) is 10.5. The van der Waals surface area contributed by atoms with Gasteiger partial charge in [0.25, 0.3) is 0 Å². The van der Waals surface area contributed by atoms with Gasteiger partial charge in [-0.2, -0.15) is 0 Å². The molecule has 0 aliphatic rings. The molecule has 40 heavy (non-hydrogen) atoms. The molecule has 0 spiro atoms. The number of hydrogen-bond donors (Lipinski definition) is 0. The summed E-state index contributed by atoms with van der Waals surface area (Å²) in [5, 5.41) is 0.103. The molecule has 6 heteroatoms. The van der Waals surface area contributed by atoms with Crippen molar-refractivity contribution in [1.82, 2.24) is 0 Å². The zero-order chi connectivity index (χ0) is 28.7.